The first kappa shape index (κ1) is 24.7. The molecule has 8 heteroatoms. The van der Waals surface area contributed by atoms with Gasteiger partial charge in [-0.3, -0.25) is 25.8 Å². The average molecular weight is 478 g/mol. The molecule has 0 radical (unpaired) electrons. The first-order valence-corrected chi connectivity index (χ1v) is 11.2. The molecule has 0 bridgehead atoms. The fourth-order valence-corrected chi connectivity index (χ4v) is 3.17. The number of hydrogen-bond acceptors (Lipinski definition) is 5. The van der Waals surface area contributed by atoms with Gasteiger partial charge in [0.2, 0.25) is 0 Å². The molecule has 0 saturated heterocycles. The number of thiocarbonyl (C=S) groups is 1. The lowest BCUT2D eigenvalue weighted by Gasteiger charge is -2.13. The number of aryl methyl sites for hydroxylation is 1. The highest BCUT2D eigenvalue weighted by atomic mass is 32.1. The Morgan fingerprint density at radius 3 is 2.32 bits per heavy atom. The highest BCUT2D eigenvalue weighted by Crippen LogP contribution is 2.20. The van der Waals surface area contributed by atoms with E-state index in [1.165, 1.54) is 5.56 Å². The SMILES string of the molecule is Cc1cccc(OCC(=O)NNC(=S)NC(=O)c2ccc(OCCc3ccccc3)cc2)c1C. The van der Waals surface area contributed by atoms with Gasteiger partial charge in [-0.05, 0) is 73.1 Å². The molecule has 0 heterocycles. The Morgan fingerprint density at radius 1 is 0.853 bits per heavy atom. The van der Waals surface area contributed by atoms with E-state index >= 15 is 0 Å². The Bertz CT molecular complexity index is 1130. The Balaban J connectivity index is 1.37. The van der Waals surface area contributed by atoms with E-state index in [0.29, 0.717) is 23.7 Å². The van der Waals surface area contributed by atoms with Gasteiger partial charge in [-0.15, -0.1) is 0 Å². The molecule has 0 saturated carbocycles. The first-order chi connectivity index (χ1) is 16.4. The van der Waals surface area contributed by atoms with E-state index in [0.717, 1.165) is 17.5 Å². The van der Waals surface area contributed by atoms with Gasteiger partial charge >= 0.3 is 0 Å². The van der Waals surface area contributed by atoms with Crippen LogP contribution in [0.3, 0.4) is 0 Å². The van der Waals surface area contributed by atoms with Gasteiger partial charge in [-0.2, -0.15) is 0 Å². The van der Waals surface area contributed by atoms with Crippen LogP contribution in [0.2, 0.25) is 0 Å². The molecule has 0 aliphatic rings. The quantitative estimate of drug-likeness (QED) is 0.339. The number of carbonyl (C=O) groups excluding carboxylic acids is 2. The number of hydrazine groups is 1. The largest absolute Gasteiger partial charge is 0.493 e. The minimum Gasteiger partial charge on any atom is -0.493 e. The molecule has 0 aliphatic heterocycles. The fraction of sp³-hybridized carbons (Fsp3) is 0.192. The summed E-state index contributed by atoms with van der Waals surface area (Å²) in [5.41, 5.74) is 8.55. The third-order valence-electron chi connectivity index (χ3n) is 5.08. The molecule has 0 aliphatic carbocycles. The van der Waals surface area contributed by atoms with Gasteiger partial charge < -0.3 is 9.47 Å². The summed E-state index contributed by atoms with van der Waals surface area (Å²) in [5.74, 6) is 0.464. The van der Waals surface area contributed by atoms with Gasteiger partial charge in [0.25, 0.3) is 11.8 Å². The molecule has 3 N–H and O–H groups in total. The monoisotopic (exact) mass is 477 g/mol. The van der Waals surface area contributed by atoms with Crippen LogP contribution < -0.4 is 25.6 Å². The zero-order valence-corrected chi connectivity index (χ0v) is 19.9. The minimum atomic E-state index is -0.436. The van der Waals surface area contributed by atoms with Crippen molar-refractivity contribution >= 4 is 29.1 Å². The number of rotatable bonds is 8. The van der Waals surface area contributed by atoms with Crippen molar-refractivity contribution in [2.24, 2.45) is 0 Å². The van der Waals surface area contributed by atoms with E-state index in [9.17, 15) is 9.59 Å². The van der Waals surface area contributed by atoms with Gasteiger partial charge in [-0.25, -0.2) is 0 Å². The smallest absolute Gasteiger partial charge is 0.276 e. The summed E-state index contributed by atoms with van der Waals surface area (Å²) in [6, 6.07) is 22.4. The Kier molecular flexibility index (Phi) is 8.99. The van der Waals surface area contributed by atoms with Gasteiger partial charge in [0.1, 0.15) is 11.5 Å². The van der Waals surface area contributed by atoms with E-state index in [2.05, 4.69) is 16.2 Å². The van der Waals surface area contributed by atoms with Crippen molar-refractivity contribution in [3.63, 3.8) is 0 Å². The van der Waals surface area contributed by atoms with Crippen LogP contribution in [0.25, 0.3) is 0 Å². The molecule has 0 atom stereocenters. The van der Waals surface area contributed by atoms with E-state index < -0.39 is 11.8 Å². The topological polar surface area (TPSA) is 88.7 Å². The number of amides is 2. The minimum absolute atomic E-state index is 0.0340. The summed E-state index contributed by atoms with van der Waals surface area (Å²) in [7, 11) is 0. The molecule has 3 aromatic rings. The number of nitrogens with one attached hydrogen (secondary N) is 3. The maximum atomic E-state index is 12.4. The van der Waals surface area contributed by atoms with Crippen molar-refractivity contribution in [1.29, 1.82) is 0 Å². The summed E-state index contributed by atoms with van der Waals surface area (Å²) in [6.07, 6.45) is 0.796. The second-order valence-corrected chi connectivity index (χ2v) is 7.96. The Morgan fingerprint density at radius 2 is 1.59 bits per heavy atom. The van der Waals surface area contributed by atoms with Crippen LogP contribution in [0.15, 0.2) is 72.8 Å². The highest BCUT2D eigenvalue weighted by molar-refractivity contribution is 7.80. The molecule has 7 nitrogen and oxygen atoms in total. The standard InChI is InChI=1S/C26H27N3O4S/c1-18-7-6-10-23(19(18)2)33-17-24(30)28-29-26(34)27-25(31)21-11-13-22(14-12-21)32-16-15-20-8-4-3-5-9-20/h3-14H,15-17H2,1-2H3,(H,28,30)(H2,27,29,31,34). The molecule has 0 aromatic heterocycles. The average Bonchev–Trinajstić information content (AvgIpc) is 2.84. The van der Waals surface area contributed by atoms with E-state index in [4.69, 9.17) is 21.7 Å². The van der Waals surface area contributed by atoms with Crippen molar-refractivity contribution in [2.75, 3.05) is 13.2 Å². The van der Waals surface area contributed by atoms with Crippen LogP contribution in [0.4, 0.5) is 0 Å². The molecular weight excluding hydrogens is 450 g/mol. The van der Waals surface area contributed by atoms with Gasteiger partial charge in [0, 0.05) is 12.0 Å². The third-order valence-corrected chi connectivity index (χ3v) is 5.28. The fourth-order valence-electron chi connectivity index (χ4n) is 3.03. The number of ether oxygens (including phenoxy) is 2. The summed E-state index contributed by atoms with van der Waals surface area (Å²) in [4.78, 5) is 24.4. The summed E-state index contributed by atoms with van der Waals surface area (Å²) in [6.45, 7) is 4.24. The van der Waals surface area contributed by atoms with Crippen molar-refractivity contribution in [2.45, 2.75) is 20.3 Å². The maximum Gasteiger partial charge on any atom is 0.276 e. The summed E-state index contributed by atoms with van der Waals surface area (Å²) in [5, 5.41) is 2.48. The van der Waals surface area contributed by atoms with Gasteiger partial charge in [-0.1, -0.05) is 42.5 Å². The van der Waals surface area contributed by atoms with Crippen molar-refractivity contribution < 1.29 is 19.1 Å². The van der Waals surface area contributed by atoms with Gasteiger partial charge in [0.15, 0.2) is 11.7 Å². The predicted molar refractivity (Wildman–Crippen MR) is 135 cm³/mol. The maximum absolute atomic E-state index is 12.4. The van der Waals surface area contributed by atoms with Crippen LogP contribution in [-0.2, 0) is 11.2 Å². The lowest BCUT2D eigenvalue weighted by atomic mass is 10.1. The van der Waals surface area contributed by atoms with E-state index in [1.54, 1.807) is 30.3 Å². The van der Waals surface area contributed by atoms with Crippen molar-refractivity contribution in [3.8, 4) is 11.5 Å². The lowest BCUT2D eigenvalue weighted by molar-refractivity contribution is -0.123. The molecule has 0 spiro atoms. The molecule has 3 rings (SSSR count). The summed E-state index contributed by atoms with van der Waals surface area (Å²) >= 11 is 5.07. The van der Waals surface area contributed by atoms with Crippen LogP contribution in [-0.4, -0.2) is 30.1 Å². The van der Waals surface area contributed by atoms with Crippen LogP contribution in [0, 0.1) is 13.8 Å². The second kappa shape index (κ2) is 12.4. The second-order valence-electron chi connectivity index (χ2n) is 7.55. The molecule has 34 heavy (non-hydrogen) atoms. The zero-order valence-electron chi connectivity index (χ0n) is 19.1. The van der Waals surface area contributed by atoms with Crippen LogP contribution in [0.1, 0.15) is 27.0 Å². The first-order valence-electron chi connectivity index (χ1n) is 10.8. The number of hydrogen-bond donors (Lipinski definition) is 3. The highest BCUT2D eigenvalue weighted by Gasteiger charge is 2.10. The van der Waals surface area contributed by atoms with E-state index in [-0.39, 0.29) is 11.7 Å². The molecule has 0 unspecified atom stereocenters. The van der Waals surface area contributed by atoms with Crippen molar-refractivity contribution in [1.82, 2.24) is 16.2 Å². The third kappa shape index (κ3) is 7.60. The number of benzene rings is 3. The predicted octanol–water partition coefficient (Wildman–Crippen LogP) is 3.64. The summed E-state index contributed by atoms with van der Waals surface area (Å²) < 4.78 is 11.3. The molecule has 0 fully saturated rings. The zero-order chi connectivity index (χ0) is 24.3. The van der Waals surface area contributed by atoms with Gasteiger partial charge in [0.05, 0.1) is 6.61 Å². The molecular formula is C26H27N3O4S. The lowest BCUT2D eigenvalue weighted by Crippen LogP contribution is -2.49. The van der Waals surface area contributed by atoms with Crippen LogP contribution in [0.5, 0.6) is 11.5 Å². The van der Waals surface area contributed by atoms with Crippen molar-refractivity contribution in [3.05, 3.63) is 95.1 Å². The number of carbonyl (C=O) groups is 2. The molecule has 2 amide bonds. The molecule has 176 valence electrons. The Hall–Kier alpha value is -3.91. The van der Waals surface area contributed by atoms with E-state index in [1.807, 2.05) is 56.3 Å². The van der Waals surface area contributed by atoms with Crippen LogP contribution >= 0.6 is 12.2 Å². The Labute approximate surface area is 204 Å². The molecule has 3 aromatic carbocycles. The normalized spacial score (nSPS) is 10.2.